The molecule has 0 spiro atoms. The highest BCUT2D eigenvalue weighted by atomic mass is 31.2. The summed E-state index contributed by atoms with van der Waals surface area (Å²) in [6.45, 7) is 2.40. The van der Waals surface area contributed by atoms with Gasteiger partial charge in [-0.05, 0) is 64.2 Å². The number of unbranched alkanes of at least 4 members (excludes halogenated alkanes) is 28. The third-order valence-electron chi connectivity index (χ3n) is 10.6. The van der Waals surface area contributed by atoms with E-state index in [-0.39, 0.29) is 19.4 Å². The summed E-state index contributed by atoms with van der Waals surface area (Å²) in [7, 11) is -4.62. The van der Waals surface area contributed by atoms with Gasteiger partial charge in [-0.2, -0.15) is 0 Å². The summed E-state index contributed by atoms with van der Waals surface area (Å²) in [5, 5.41) is 18.4. The largest absolute Gasteiger partial charge is 0.472 e. The van der Waals surface area contributed by atoms with E-state index in [4.69, 9.17) is 23.6 Å². The molecule has 1 unspecified atom stereocenters. The second kappa shape index (κ2) is 44.5. The van der Waals surface area contributed by atoms with E-state index in [1.54, 1.807) is 0 Å². The normalized spacial score (nSPS) is 13.9. The molecule has 59 heavy (non-hydrogen) atoms. The Morgan fingerprint density at radius 3 is 1.22 bits per heavy atom. The second-order valence-corrected chi connectivity index (χ2v) is 17.9. The molecule has 3 atom stereocenters. The van der Waals surface area contributed by atoms with E-state index < -0.39 is 51.8 Å². The summed E-state index contributed by atoms with van der Waals surface area (Å²) in [6, 6.07) is 0. The van der Waals surface area contributed by atoms with Crippen molar-refractivity contribution in [2.45, 2.75) is 244 Å². The van der Waals surface area contributed by atoms with E-state index in [9.17, 15) is 24.2 Å². The van der Waals surface area contributed by atoms with Crippen LogP contribution in [0.25, 0.3) is 0 Å². The van der Waals surface area contributed by atoms with Crippen LogP contribution in [0.5, 0.6) is 0 Å². The third-order valence-corrected chi connectivity index (χ3v) is 11.5. The number of aliphatic hydroxyl groups is 2. The smallest absolute Gasteiger partial charge is 0.462 e. The first-order valence-electron chi connectivity index (χ1n) is 24.3. The van der Waals surface area contributed by atoms with Crippen LogP contribution >= 0.6 is 7.82 Å². The summed E-state index contributed by atoms with van der Waals surface area (Å²) >= 11 is 0. The number of rotatable bonds is 46. The molecular formula is C48H91O10P. The maximum atomic E-state index is 12.7. The molecule has 0 bridgehead atoms. The van der Waals surface area contributed by atoms with Crippen molar-refractivity contribution in [3.63, 3.8) is 0 Å². The minimum atomic E-state index is -4.62. The highest BCUT2D eigenvalue weighted by molar-refractivity contribution is 7.47. The molecule has 0 heterocycles. The van der Waals surface area contributed by atoms with Crippen molar-refractivity contribution in [3.05, 3.63) is 24.3 Å². The minimum Gasteiger partial charge on any atom is -0.462 e. The Balaban J connectivity index is 4.22. The molecule has 0 fully saturated rings. The maximum Gasteiger partial charge on any atom is 0.472 e. The van der Waals surface area contributed by atoms with Crippen molar-refractivity contribution in [2.75, 3.05) is 26.4 Å². The van der Waals surface area contributed by atoms with Crippen LogP contribution in [0.3, 0.4) is 0 Å². The number of allylic oxidation sites excluding steroid dienone is 4. The number of hydrogen-bond acceptors (Lipinski definition) is 9. The number of hydrogen-bond donors (Lipinski definition) is 3. The number of esters is 2. The number of carbonyl (C=O) groups is 2. The zero-order valence-electron chi connectivity index (χ0n) is 38.0. The van der Waals surface area contributed by atoms with Gasteiger partial charge in [-0.25, -0.2) is 4.57 Å². The van der Waals surface area contributed by atoms with Gasteiger partial charge in [0.05, 0.1) is 19.8 Å². The lowest BCUT2D eigenvalue weighted by Crippen LogP contribution is -2.29. The Hall–Kier alpha value is -1.55. The van der Waals surface area contributed by atoms with Crippen molar-refractivity contribution in [1.82, 2.24) is 0 Å². The zero-order valence-corrected chi connectivity index (χ0v) is 38.9. The molecule has 0 aliphatic carbocycles. The molecule has 0 aromatic heterocycles. The van der Waals surface area contributed by atoms with Gasteiger partial charge in [-0.1, -0.05) is 179 Å². The van der Waals surface area contributed by atoms with E-state index in [1.807, 2.05) is 0 Å². The van der Waals surface area contributed by atoms with Crippen LogP contribution in [0.1, 0.15) is 232 Å². The van der Waals surface area contributed by atoms with Crippen molar-refractivity contribution in [1.29, 1.82) is 0 Å². The number of phosphoric ester groups is 1. The topological polar surface area (TPSA) is 149 Å². The predicted molar refractivity (Wildman–Crippen MR) is 242 cm³/mol. The molecular weight excluding hydrogens is 767 g/mol. The first kappa shape index (κ1) is 57.4. The fourth-order valence-electron chi connectivity index (χ4n) is 6.81. The quantitative estimate of drug-likeness (QED) is 0.0234. The predicted octanol–water partition coefficient (Wildman–Crippen LogP) is 13.3. The van der Waals surface area contributed by atoms with Gasteiger partial charge in [0.15, 0.2) is 6.10 Å². The van der Waals surface area contributed by atoms with E-state index in [2.05, 4.69) is 38.2 Å². The monoisotopic (exact) mass is 859 g/mol. The molecule has 0 aliphatic heterocycles. The molecule has 0 aromatic carbocycles. The van der Waals surface area contributed by atoms with Crippen molar-refractivity contribution in [2.24, 2.45) is 0 Å². The van der Waals surface area contributed by atoms with Gasteiger partial charge in [0.2, 0.25) is 0 Å². The van der Waals surface area contributed by atoms with Gasteiger partial charge in [0.1, 0.15) is 12.7 Å². The minimum absolute atomic E-state index is 0.181. The molecule has 0 rings (SSSR count). The average molecular weight is 859 g/mol. The zero-order chi connectivity index (χ0) is 43.3. The molecule has 11 heteroatoms. The van der Waals surface area contributed by atoms with Gasteiger partial charge in [0.25, 0.3) is 0 Å². The number of phosphoric acid groups is 1. The lowest BCUT2D eigenvalue weighted by Gasteiger charge is -2.20. The van der Waals surface area contributed by atoms with Gasteiger partial charge in [-0.15, -0.1) is 0 Å². The van der Waals surface area contributed by atoms with Crippen molar-refractivity contribution < 1.29 is 47.8 Å². The lowest BCUT2D eigenvalue weighted by atomic mass is 10.1. The summed E-state index contributed by atoms with van der Waals surface area (Å²) < 4.78 is 32.8. The van der Waals surface area contributed by atoms with Gasteiger partial charge in [0, 0.05) is 12.8 Å². The molecule has 0 aliphatic rings. The molecule has 348 valence electrons. The average Bonchev–Trinajstić information content (AvgIpc) is 3.22. The summed E-state index contributed by atoms with van der Waals surface area (Å²) in [4.78, 5) is 35.1. The van der Waals surface area contributed by atoms with E-state index >= 15 is 0 Å². The molecule has 10 nitrogen and oxygen atoms in total. The first-order chi connectivity index (χ1) is 28.7. The maximum absolute atomic E-state index is 12.7. The van der Waals surface area contributed by atoms with Crippen LogP contribution in [0, 0.1) is 0 Å². The number of ether oxygens (including phenoxy) is 2. The van der Waals surface area contributed by atoms with Crippen LogP contribution in [0.15, 0.2) is 24.3 Å². The molecule has 0 saturated carbocycles. The van der Waals surface area contributed by atoms with E-state index in [1.165, 1.54) is 141 Å². The molecule has 0 saturated heterocycles. The molecule has 0 amide bonds. The molecule has 3 N–H and O–H groups in total. The standard InChI is InChI=1S/C48H91O10P/c1-3-5-7-9-11-13-15-17-19-21-22-24-26-28-30-32-34-36-38-40-48(52)58-46(44-57-59(53,54)56-42-45(50)41-49)43-55-47(51)39-37-35-33-31-29-27-25-23-20-18-16-14-12-10-8-6-4-2/h18,20-22,45-46,49-50H,3-17,19,23-44H2,1-2H3,(H,53,54)/b20-18-,22-21-/t45-,46+/m0/s1. The Bertz CT molecular complexity index is 1040. The van der Waals surface area contributed by atoms with Crippen LogP contribution < -0.4 is 0 Å². The van der Waals surface area contributed by atoms with E-state index in [0.717, 1.165) is 51.4 Å². The summed E-state index contributed by atoms with van der Waals surface area (Å²) in [5.74, 6) is -0.926. The third kappa shape index (κ3) is 44.3. The summed E-state index contributed by atoms with van der Waals surface area (Å²) in [5.41, 5.74) is 0. The summed E-state index contributed by atoms with van der Waals surface area (Å²) in [6.07, 6.45) is 45.7. The van der Waals surface area contributed by atoms with Crippen LogP contribution in [-0.4, -0.2) is 65.7 Å². The Morgan fingerprint density at radius 2 is 0.831 bits per heavy atom. The lowest BCUT2D eigenvalue weighted by molar-refractivity contribution is -0.161. The van der Waals surface area contributed by atoms with Crippen LogP contribution in [-0.2, 0) is 32.7 Å². The Morgan fingerprint density at radius 1 is 0.492 bits per heavy atom. The Labute approximate surface area is 361 Å². The number of carbonyl (C=O) groups excluding carboxylic acids is 2. The van der Waals surface area contributed by atoms with Crippen molar-refractivity contribution in [3.8, 4) is 0 Å². The highest BCUT2D eigenvalue weighted by Crippen LogP contribution is 2.43. The van der Waals surface area contributed by atoms with Gasteiger partial charge >= 0.3 is 19.8 Å². The first-order valence-corrected chi connectivity index (χ1v) is 25.8. The fraction of sp³-hybridized carbons (Fsp3) is 0.875. The fourth-order valence-corrected chi connectivity index (χ4v) is 7.60. The highest BCUT2D eigenvalue weighted by Gasteiger charge is 2.27. The second-order valence-electron chi connectivity index (χ2n) is 16.5. The van der Waals surface area contributed by atoms with Gasteiger partial charge in [-0.3, -0.25) is 18.6 Å². The number of aliphatic hydroxyl groups excluding tert-OH is 2. The van der Waals surface area contributed by atoms with Crippen molar-refractivity contribution >= 4 is 19.8 Å². The molecule has 0 aromatic rings. The molecule has 0 radical (unpaired) electrons. The van der Waals surface area contributed by atoms with Crippen LogP contribution in [0.4, 0.5) is 0 Å². The van der Waals surface area contributed by atoms with E-state index in [0.29, 0.717) is 12.8 Å². The van der Waals surface area contributed by atoms with Gasteiger partial charge < -0.3 is 24.6 Å². The van der Waals surface area contributed by atoms with Crippen LogP contribution in [0.2, 0.25) is 0 Å². The SMILES string of the molecule is CCCCCCCC/C=C\CCCCCCCCCC(=O)OC[C@H](COP(=O)(O)OC[C@@H](O)CO)OC(=O)CCCCCCCCC/C=C\CCCCCCCCCC. The Kier molecular flexibility index (Phi) is 43.3.